The number of benzene rings is 2. The summed E-state index contributed by atoms with van der Waals surface area (Å²) in [4.78, 5) is 0. The highest BCUT2D eigenvalue weighted by molar-refractivity contribution is 6.31. The van der Waals surface area contributed by atoms with Crippen LogP contribution in [0.2, 0.25) is 5.02 Å². The first-order chi connectivity index (χ1) is 7.18. The molecule has 15 heavy (non-hydrogen) atoms. The molecule has 1 nitrogen and oxygen atoms in total. The van der Waals surface area contributed by atoms with Gasteiger partial charge in [0.05, 0.1) is 5.02 Å². The molecular weight excluding hydrogens is 213 g/mol. The predicted octanol–water partition coefficient (Wildman–Crippen LogP) is 3.73. The van der Waals surface area contributed by atoms with Gasteiger partial charge in [-0.05, 0) is 17.7 Å². The van der Waals surface area contributed by atoms with Crippen LogP contribution in [0, 0.1) is 5.82 Å². The van der Waals surface area contributed by atoms with Crippen molar-refractivity contribution in [2.24, 2.45) is 0 Å². The fourth-order valence-corrected chi connectivity index (χ4v) is 1.59. The van der Waals surface area contributed by atoms with Crippen molar-refractivity contribution < 1.29 is 4.39 Å². The van der Waals surface area contributed by atoms with Crippen molar-refractivity contribution in [3.05, 3.63) is 53.3 Å². The molecule has 0 unspecified atom stereocenters. The topological polar surface area (TPSA) is 26.0 Å². The highest BCUT2D eigenvalue weighted by Crippen LogP contribution is 2.30. The zero-order valence-electron chi connectivity index (χ0n) is 7.87. The van der Waals surface area contributed by atoms with Gasteiger partial charge in [0.2, 0.25) is 0 Å². The minimum atomic E-state index is -0.492. The lowest BCUT2D eigenvalue weighted by Crippen LogP contribution is -1.92. The van der Waals surface area contributed by atoms with Gasteiger partial charge in [-0.1, -0.05) is 41.9 Å². The van der Waals surface area contributed by atoms with E-state index in [-0.39, 0.29) is 5.02 Å². The molecule has 0 atom stereocenters. The summed E-state index contributed by atoms with van der Waals surface area (Å²) < 4.78 is 13.1. The van der Waals surface area contributed by atoms with Gasteiger partial charge in [0.1, 0.15) is 5.82 Å². The summed E-state index contributed by atoms with van der Waals surface area (Å²) in [5.41, 5.74) is 7.79. The molecule has 76 valence electrons. The second kappa shape index (κ2) is 3.91. The molecule has 0 saturated carbocycles. The van der Waals surface area contributed by atoms with Gasteiger partial charge >= 0.3 is 0 Å². The maximum absolute atomic E-state index is 13.1. The monoisotopic (exact) mass is 221 g/mol. The third-order valence-electron chi connectivity index (χ3n) is 2.18. The first-order valence-electron chi connectivity index (χ1n) is 4.48. The van der Waals surface area contributed by atoms with Crippen molar-refractivity contribution in [1.29, 1.82) is 0 Å². The van der Waals surface area contributed by atoms with Gasteiger partial charge < -0.3 is 5.73 Å². The van der Waals surface area contributed by atoms with Gasteiger partial charge in [0.25, 0.3) is 0 Å². The van der Waals surface area contributed by atoms with Crippen molar-refractivity contribution in [3.63, 3.8) is 0 Å². The standard InChI is InChI=1S/C12H9ClFN/c13-10-6-9(12(15)7-11(10)14)8-4-2-1-3-5-8/h1-7H,15H2. The average molecular weight is 222 g/mol. The zero-order chi connectivity index (χ0) is 10.8. The Labute approximate surface area is 92.3 Å². The predicted molar refractivity (Wildman–Crippen MR) is 61.3 cm³/mol. The van der Waals surface area contributed by atoms with Crippen molar-refractivity contribution in [1.82, 2.24) is 0 Å². The second-order valence-corrected chi connectivity index (χ2v) is 3.63. The quantitative estimate of drug-likeness (QED) is 0.730. The van der Waals surface area contributed by atoms with Crippen LogP contribution < -0.4 is 5.73 Å². The molecule has 0 aliphatic rings. The van der Waals surface area contributed by atoms with E-state index in [1.54, 1.807) is 6.07 Å². The van der Waals surface area contributed by atoms with Gasteiger partial charge in [-0.3, -0.25) is 0 Å². The lowest BCUT2D eigenvalue weighted by molar-refractivity contribution is 0.629. The van der Waals surface area contributed by atoms with Gasteiger partial charge in [-0.25, -0.2) is 4.39 Å². The summed E-state index contributed by atoms with van der Waals surface area (Å²) in [7, 11) is 0. The SMILES string of the molecule is Nc1cc(F)c(Cl)cc1-c1ccccc1. The van der Waals surface area contributed by atoms with Crippen LogP contribution in [-0.4, -0.2) is 0 Å². The van der Waals surface area contributed by atoms with E-state index < -0.39 is 5.82 Å². The number of rotatable bonds is 1. The fraction of sp³-hybridized carbons (Fsp3) is 0. The lowest BCUT2D eigenvalue weighted by Gasteiger charge is -2.06. The molecule has 0 aliphatic heterocycles. The summed E-state index contributed by atoms with van der Waals surface area (Å²) in [5.74, 6) is -0.492. The second-order valence-electron chi connectivity index (χ2n) is 3.22. The number of nitrogens with two attached hydrogens (primary N) is 1. The Kier molecular flexibility index (Phi) is 2.60. The van der Waals surface area contributed by atoms with E-state index in [2.05, 4.69) is 0 Å². The minimum Gasteiger partial charge on any atom is -0.398 e. The van der Waals surface area contributed by atoms with Crippen molar-refractivity contribution >= 4 is 17.3 Å². The van der Waals surface area contributed by atoms with E-state index in [1.165, 1.54) is 6.07 Å². The zero-order valence-corrected chi connectivity index (χ0v) is 8.63. The Bertz CT molecular complexity index is 482. The van der Waals surface area contributed by atoms with E-state index >= 15 is 0 Å². The highest BCUT2D eigenvalue weighted by Gasteiger charge is 2.07. The molecule has 0 spiro atoms. The molecule has 0 aromatic heterocycles. The van der Waals surface area contributed by atoms with E-state index in [1.807, 2.05) is 30.3 Å². The number of hydrogen-bond donors (Lipinski definition) is 1. The Morgan fingerprint density at radius 3 is 2.40 bits per heavy atom. The summed E-state index contributed by atoms with van der Waals surface area (Å²) in [5, 5.41) is 0.0862. The Hall–Kier alpha value is -1.54. The molecule has 2 aromatic rings. The maximum Gasteiger partial charge on any atom is 0.143 e. The van der Waals surface area contributed by atoms with Crippen LogP contribution in [0.15, 0.2) is 42.5 Å². The van der Waals surface area contributed by atoms with E-state index in [0.717, 1.165) is 11.1 Å². The van der Waals surface area contributed by atoms with Crippen LogP contribution in [0.1, 0.15) is 0 Å². The average Bonchev–Trinajstić information content (AvgIpc) is 2.25. The van der Waals surface area contributed by atoms with E-state index in [4.69, 9.17) is 17.3 Å². The molecule has 3 heteroatoms. The third kappa shape index (κ3) is 1.95. The molecule has 0 radical (unpaired) electrons. The van der Waals surface area contributed by atoms with Crippen molar-refractivity contribution in [2.75, 3.05) is 5.73 Å². The van der Waals surface area contributed by atoms with Gasteiger partial charge in [-0.2, -0.15) is 0 Å². The molecular formula is C12H9ClFN. The van der Waals surface area contributed by atoms with Gasteiger partial charge in [0.15, 0.2) is 0 Å². The summed E-state index contributed by atoms with van der Waals surface area (Å²) >= 11 is 5.71. The number of nitrogen functional groups attached to an aromatic ring is 1. The van der Waals surface area contributed by atoms with Gasteiger partial charge in [-0.15, -0.1) is 0 Å². The number of anilines is 1. The summed E-state index contributed by atoms with van der Waals surface area (Å²) in [6.45, 7) is 0. The Balaban J connectivity index is 2.59. The molecule has 0 amide bonds. The van der Waals surface area contributed by atoms with Crippen LogP contribution in [0.25, 0.3) is 11.1 Å². The third-order valence-corrected chi connectivity index (χ3v) is 2.47. The minimum absolute atomic E-state index is 0.0862. The Morgan fingerprint density at radius 2 is 1.73 bits per heavy atom. The normalized spacial score (nSPS) is 10.3. The van der Waals surface area contributed by atoms with Crippen LogP contribution in [0.4, 0.5) is 10.1 Å². The molecule has 2 N–H and O–H groups in total. The molecule has 2 aromatic carbocycles. The van der Waals surface area contributed by atoms with Crippen LogP contribution in [-0.2, 0) is 0 Å². The first kappa shape index (κ1) is 9.99. The Morgan fingerprint density at radius 1 is 1.07 bits per heavy atom. The largest absolute Gasteiger partial charge is 0.398 e. The van der Waals surface area contributed by atoms with Gasteiger partial charge in [0, 0.05) is 11.3 Å². The smallest absolute Gasteiger partial charge is 0.143 e. The molecule has 0 heterocycles. The van der Waals surface area contributed by atoms with E-state index in [9.17, 15) is 4.39 Å². The molecule has 0 fully saturated rings. The van der Waals surface area contributed by atoms with Crippen LogP contribution >= 0.6 is 11.6 Å². The number of hydrogen-bond acceptors (Lipinski definition) is 1. The summed E-state index contributed by atoms with van der Waals surface area (Å²) in [6.07, 6.45) is 0. The van der Waals surface area contributed by atoms with Crippen LogP contribution in [0.5, 0.6) is 0 Å². The fourth-order valence-electron chi connectivity index (χ4n) is 1.43. The molecule has 0 aliphatic carbocycles. The molecule has 2 rings (SSSR count). The van der Waals surface area contributed by atoms with Crippen LogP contribution in [0.3, 0.4) is 0 Å². The molecule has 0 bridgehead atoms. The molecule has 0 saturated heterocycles. The summed E-state index contributed by atoms with van der Waals surface area (Å²) in [6, 6.07) is 12.3. The highest BCUT2D eigenvalue weighted by atomic mass is 35.5. The first-order valence-corrected chi connectivity index (χ1v) is 4.86. The number of halogens is 2. The lowest BCUT2D eigenvalue weighted by atomic mass is 10.0. The maximum atomic E-state index is 13.1. The van der Waals surface area contributed by atoms with E-state index in [0.29, 0.717) is 5.69 Å². The van der Waals surface area contributed by atoms with Crippen molar-refractivity contribution in [3.8, 4) is 11.1 Å². The van der Waals surface area contributed by atoms with Crippen molar-refractivity contribution in [2.45, 2.75) is 0 Å².